The molecule has 0 aliphatic rings. The minimum absolute atomic E-state index is 0.139. The highest BCUT2D eigenvalue weighted by molar-refractivity contribution is 6.32. The molecule has 0 bridgehead atoms. The lowest BCUT2D eigenvalue weighted by Crippen LogP contribution is -2.20. The van der Waals surface area contributed by atoms with E-state index >= 15 is 0 Å². The molecule has 0 aromatic heterocycles. The van der Waals surface area contributed by atoms with Gasteiger partial charge in [-0.2, -0.15) is 0 Å². The fourth-order valence-electron chi connectivity index (χ4n) is 1.03. The van der Waals surface area contributed by atoms with Crippen molar-refractivity contribution in [3.05, 3.63) is 29.3 Å². The molecule has 0 N–H and O–H groups in total. The maximum absolute atomic E-state index is 11.4. The standard InChI is InChI=1S/C11H12Cl2O2/c1-11(2,13)7-10(14)15-9-6-4-3-5-8(9)12/h3-6H,7H2,1-2H3. The summed E-state index contributed by atoms with van der Waals surface area (Å²) in [7, 11) is 0. The van der Waals surface area contributed by atoms with Crippen molar-refractivity contribution in [2.45, 2.75) is 25.1 Å². The van der Waals surface area contributed by atoms with Gasteiger partial charge < -0.3 is 4.74 Å². The number of para-hydroxylation sites is 1. The number of rotatable bonds is 3. The minimum Gasteiger partial charge on any atom is -0.425 e. The van der Waals surface area contributed by atoms with E-state index in [0.29, 0.717) is 10.8 Å². The molecule has 0 aliphatic heterocycles. The average molecular weight is 247 g/mol. The molecule has 15 heavy (non-hydrogen) atoms. The van der Waals surface area contributed by atoms with E-state index in [1.54, 1.807) is 38.1 Å². The van der Waals surface area contributed by atoms with Gasteiger partial charge in [0, 0.05) is 4.87 Å². The van der Waals surface area contributed by atoms with Crippen LogP contribution in [-0.4, -0.2) is 10.8 Å². The van der Waals surface area contributed by atoms with Gasteiger partial charge >= 0.3 is 5.97 Å². The van der Waals surface area contributed by atoms with Crippen molar-refractivity contribution in [3.63, 3.8) is 0 Å². The molecule has 0 radical (unpaired) electrons. The van der Waals surface area contributed by atoms with E-state index in [0.717, 1.165) is 0 Å². The number of halogens is 2. The van der Waals surface area contributed by atoms with E-state index in [1.165, 1.54) is 0 Å². The van der Waals surface area contributed by atoms with Crippen LogP contribution in [-0.2, 0) is 4.79 Å². The van der Waals surface area contributed by atoms with E-state index in [-0.39, 0.29) is 12.4 Å². The van der Waals surface area contributed by atoms with Crippen LogP contribution < -0.4 is 4.74 Å². The van der Waals surface area contributed by atoms with Crippen LogP contribution in [0.3, 0.4) is 0 Å². The zero-order valence-corrected chi connectivity index (χ0v) is 10.1. The Morgan fingerprint density at radius 3 is 2.53 bits per heavy atom. The van der Waals surface area contributed by atoms with Gasteiger partial charge in [0.15, 0.2) is 0 Å². The number of carbonyl (C=O) groups is 1. The molecule has 1 aromatic rings. The molecule has 82 valence electrons. The first-order valence-corrected chi connectivity index (χ1v) is 5.28. The Hall–Kier alpha value is -0.730. The highest BCUT2D eigenvalue weighted by Gasteiger charge is 2.20. The SMILES string of the molecule is CC(C)(Cl)CC(=O)Oc1ccccc1Cl. The Morgan fingerprint density at radius 2 is 2.00 bits per heavy atom. The van der Waals surface area contributed by atoms with Crippen LogP contribution in [0.2, 0.25) is 5.02 Å². The van der Waals surface area contributed by atoms with Crippen LogP contribution in [0.4, 0.5) is 0 Å². The smallest absolute Gasteiger partial charge is 0.312 e. The molecule has 0 heterocycles. The molecule has 1 aromatic carbocycles. The van der Waals surface area contributed by atoms with E-state index in [2.05, 4.69) is 0 Å². The summed E-state index contributed by atoms with van der Waals surface area (Å²) in [6, 6.07) is 6.82. The lowest BCUT2D eigenvalue weighted by atomic mass is 10.1. The van der Waals surface area contributed by atoms with Crippen molar-refractivity contribution in [1.29, 1.82) is 0 Å². The van der Waals surface area contributed by atoms with Crippen LogP contribution in [0, 0.1) is 0 Å². The minimum atomic E-state index is -0.599. The normalized spacial score (nSPS) is 11.2. The second-order valence-corrected chi connectivity index (χ2v) is 5.23. The third-order valence-electron chi connectivity index (χ3n) is 1.63. The highest BCUT2D eigenvalue weighted by atomic mass is 35.5. The quantitative estimate of drug-likeness (QED) is 0.463. The molecule has 0 amide bonds. The van der Waals surface area contributed by atoms with Crippen LogP contribution in [0.25, 0.3) is 0 Å². The predicted octanol–water partition coefficient (Wildman–Crippen LogP) is 3.65. The fraction of sp³-hybridized carbons (Fsp3) is 0.364. The molecule has 0 unspecified atom stereocenters. The molecule has 0 saturated carbocycles. The number of esters is 1. The molecule has 0 atom stereocenters. The molecule has 0 saturated heterocycles. The molecule has 4 heteroatoms. The largest absolute Gasteiger partial charge is 0.425 e. The second kappa shape index (κ2) is 4.86. The van der Waals surface area contributed by atoms with Gasteiger partial charge in [-0.15, -0.1) is 11.6 Å². The summed E-state index contributed by atoms with van der Waals surface area (Å²) in [6.45, 7) is 3.50. The molecule has 1 rings (SSSR count). The zero-order valence-electron chi connectivity index (χ0n) is 8.59. The van der Waals surface area contributed by atoms with Crippen LogP contribution >= 0.6 is 23.2 Å². The lowest BCUT2D eigenvalue weighted by Gasteiger charge is -2.14. The van der Waals surface area contributed by atoms with Gasteiger partial charge in [-0.3, -0.25) is 4.79 Å². The van der Waals surface area contributed by atoms with Gasteiger partial charge in [0.05, 0.1) is 11.4 Å². The molecule has 0 aliphatic carbocycles. The number of ether oxygens (including phenoxy) is 1. The van der Waals surface area contributed by atoms with Gasteiger partial charge in [0.25, 0.3) is 0 Å². The van der Waals surface area contributed by atoms with E-state index < -0.39 is 4.87 Å². The van der Waals surface area contributed by atoms with Gasteiger partial charge in [-0.25, -0.2) is 0 Å². The summed E-state index contributed by atoms with van der Waals surface area (Å²) in [5, 5.41) is 0.415. The predicted molar refractivity (Wildman–Crippen MR) is 61.6 cm³/mol. The zero-order chi connectivity index (χ0) is 11.5. The van der Waals surface area contributed by atoms with E-state index in [9.17, 15) is 4.79 Å². The average Bonchev–Trinajstić information content (AvgIpc) is 2.05. The Labute approximate surface area is 99.1 Å². The maximum Gasteiger partial charge on any atom is 0.312 e. The Balaban J connectivity index is 2.64. The summed E-state index contributed by atoms with van der Waals surface area (Å²) in [5.74, 6) is -0.0202. The highest BCUT2D eigenvalue weighted by Crippen LogP contribution is 2.25. The maximum atomic E-state index is 11.4. The third-order valence-corrected chi connectivity index (χ3v) is 2.07. The number of benzene rings is 1. The van der Waals surface area contributed by atoms with Crippen molar-refractivity contribution in [2.75, 3.05) is 0 Å². The number of hydrogen-bond donors (Lipinski definition) is 0. The Kier molecular flexibility index (Phi) is 4.00. The van der Waals surface area contributed by atoms with Gasteiger partial charge in [-0.1, -0.05) is 23.7 Å². The molecular weight excluding hydrogens is 235 g/mol. The Bertz CT molecular complexity index is 356. The first-order valence-electron chi connectivity index (χ1n) is 4.52. The van der Waals surface area contributed by atoms with Crippen molar-refractivity contribution in [1.82, 2.24) is 0 Å². The topological polar surface area (TPSA) is 26.3 Å². The van der Waals surface area contributed by atoms with Gasteiger partial charge in [-0.05, 0) is 26.0 Å². The van der Waals surface area contributed by atoms with Crippen molar-refractivity contribution < 1.29 is 9.53 Å². The fourth-order valence-corrected chi connectivity index (χ4v) is 1.31. The van der Waals surface area contributed by atoms with Crippen LogP contribution in [0.15, 0.2) is 24.3 Å². The summed E-state index contributed by atoms with van der Waals surface area (Å²) < 4.78 is 5.07. The van der Waals surface area contributed by atoms with Crippen LogP contribution in [0.1, 0.15) is 20.3 Å². The Morgan fingerprint density at radius 1 is 1.40 bits per heavy atom. The summed E-state index contributed by atoms with van der Waals surface area (Å²) >= 11 is 11.7. The van der Waals surface area contributed by atoms with Crippen molar-refractivity contribution in [3.8, 4) is 5.75 Å². The van der Waals surface area contributed by atoms with Crippen molar-refractivity contribution in [2.24, 2.45) is 0 Å². The molecule has 0 spiro atoms. The number of hydrogen-bond acceptors (Lipinski definition) is 2. The van der Waals surface area contributed by atoms with E-state index in [4.69, 9.17) is 27.9 Å². The van der Waals surface area contributed by atoms with Gasteiger partial charge in [0.1, 0.15) is 5.75 Å². The number of carbonyl (C=O) groups excluding carboxylic acids is 1. The molecule has 2 nitrogen and oxygen atoms in total. The van der Waals surface area contributed by atoms with Gasteiger partial charge in [0.2, 0.25) is 0 Å². The molecule has 0 fully saturated rings. The summed E-state index contributed by atoms with van der Waals surface area (Å²) in [6.07, 6.45) is 0.139. The first kappa shape index (κ1) is 12.3. The van der Waals surface area contributed by atoms with E-state index in [1.807, 2.05) is 0 Å². The first-order chi connectivity index (χ1) is 6.88. The summed E-state index contributed by atoms with van der Waals surface area (Å²) in [4.78, 5) is 10.8. The van der Waals surface area contributed by atoms with Crippen LogP contribution in [0.5, 0.6) is 5.75 Å². The summed E-state index contributed by atoms with van der Waals surface area (Å²) in [5.41, 5.74) is 0. The second-order valence-electron chi connectivity index (χ2n) is 3.80. The van der Waals surface area contributed by atoms with Crippen molar-refractivity contribution >= 4 is 29.2 Å². The lowest BCUT2D eigenvalue weighted by molar-refractivity contribution is -0.134. The number of alkyl halides is 1. The monoisotopic (exact) mass is 246 g/mol. The molecular formula is C11H12Cl2O2. The third kappa shape index (κ3) is 4.54.